The van der Waals surface area contributed by atoms with Crippen LogP contribution in [0.4, 0.5) is 14.5 Å². The van der Waals surface area contributed by atoms with E-state index in [9.17, 15) is 13.6 Å². The van der Waals surface area contributed by atoms with E-state index in [-0.39, 0.29) is 17.2 Å². The zero-order chi connectivity index (χ0) is 25.5. The van der Waals surface area contributed by atoms with Crippen molar-refractivity contribution in [2.24, 2.45) is 5.92 Å². The Morgan fingerprint density at radius 3 is 2.40 bits per heavy atom. The zero-order valence-corrected chi connectivity index (χ0v) is 22.2. The van der Waals surface area contributed by atoms with E-state index in [0.717, 1.165) is 38.4 Å². The number of amides is 1. The van der Waals surface area contributed by atoms with E-state index in [1.54, 1.807) is 0 Å². The Morgan fingerprint density at radius 2 is 1.77 bits per heavy atom. The number of fused-ring (bicyclic) bond motifs is 1. The van der Waals surface area contributed by atoms with Crippen LogP contribution in [0.2, 0.25) is 0 Å². The molecule has 2 aromatic rings. The molecule has 1 aliphatic heterocycles. The highest BCUT2D eigenvalue weighted by atomic mass is 32.1. The molecule has 0 radical (unpaired) electrons. The fraction of sp³-hybridized carbons (Fsp3) is 0.536. The van der Waals surface area contributed by atoms with Crippen LogP contribution in [-0.4, -0.2) is 36.8 Å². The van der Waals surface area contributed by atoms with Gasteiger partial charge < -0.3 is 15.5 Å². The Hall–Kier alpha value is -2.12. The van der Waals surface area contributed by atoms with Crippen LogP contribution in [0.3, 0.4) is 0 Å². The maximum absolute atomic E-state index is 13.7. The van der Waals surface area contributed by atoms with E-state index in [1.807, 2.05) is 0 Å². The minimum Gasteiger partial charge on any atom is -0.371 e. The lowest BCUT2D eigenvalue weighted by molar-refractivity contribution is -0.119. The summed E-state index contributed by atoms with van der Waals surface area (Å²) < 4.78 is 27.4. The molecule has 4 nitrogen and oxygen atoms in total. The van der Waals surface area contributed by atoms with E-state index in [4.69, 9.17) is 12.6 Å². The molecule has 2 atom stereocenters. The van der Waals surface area contributed by atoms with Gasteiger partial charge >= 0.3 is 0 Å². The number of halogens is 2. The fourth-order valence-corrected chi connectivity index (χ4v) is 5.35. The van der Waals surface area contributed by atoms with Crippen molar-refractivity contribution in [2.45, 2.75) is 71.2 Å². The van der Waals surface area contributed by atoms with Crippen LogP contribution in [-0.2, 0) is 30.6 Å². The summed E-state index contributed by atoms with van der Waals surface area (Å²) >= 11 is 4.75. The number of benzene rings is 2. The van der Waals surface area contributed by atoms with Gasteiger partial charge in [-0.1, -0.05) is 32.9 Å². The molecule has 0 saturated carbocycles. The van der Waals surface area contributed by atoms with E-state index in [2.05, 4.69) is 48.4 Å². The number of rotatable bonds is 12. The second-order valence-corrected chi connectivity index (χ2v) is 10.7. The van der Waals surface area contributed by atoms with Crippen LogP contribution in [0, 0.1) is 17.6 Å². The molecule has 0 bridgehead atoms. The van der Waals surface area contributed by atoms with Gasteiger partial charge in [-0.3, -0.25) is 4.79 Å². The van der Waals surface area contributed by atoms with Crippen molar-refractivity contribution >= 4 is 24.2 Å². The third-order valence-electron chi connectivity index (χ3n) is 6.33. The maximum Gasteiger partial charge on any atom is 0.217 e. The Balaban J connectivity index is 1.71. The molecule has 2 aromatic carbocycles. The first-order valence-corrected chi connectivity index (χ1v) is 13.2. The highest BCUT2D eigenvalue weighted by Gasteiger charge is 2.24. The standard InChI is InChI=1S/C28H39F2N3OS/c1-5-7-33-8-6-22-10-20(9-18(2)3)11-23(28(22)33)16-31-17-27(35)26(32-19(4)34)14-21-12-24(29)15-25(30)13-21/h10-13,15,18,26-27,31,35H,5-9,14,16-17H2,1-4H3,(H,32,34)/t26-,27+/m0/s1. The Labute approximate surface area is 214 Å². The lowest BCUT2D eigenvalue weighted by Crippen LogP contribution is -2.45. The summed E-state index contributed by atoms with van der Waals surface area (Å²) in [7, 11) is 0. The number of carbonyl (C=O) groups is 1. The molecule has 1 amide bonds. The van der Waals surface area contributed by atoms with Crippen molar-refractivity contribution < 1.29 is 13.6 Å². The molecule has 3 rings (SSSR count). The molecule has 0 saturated heterocycles. The molecule has 2 N–H and O–H groups in total. The molecule has 0 unspecified atom stereocenters. The van der Waals surface area contributed by atoms with Crippen LogP contribution < -0.4 is 15.5 Å². The molecule has 1 aliphatic rings. The SMILES string of the molecule is CCCN1CCc2cc(CC(C)C)cc(CNC[C@@H](S)[C@H](Cc3cc(F)cc(F)c3)NC(C)=O)c21. The second-order valence-electron chi connectivity index (χ2n) is 10.1. The van der Waals surface area contributed by atoms with Crippen LogP contribution >= 0.6 is 12.6 Å². The maximum atomic E-state index is 13.7. The topological polar surface area (TPSA) is 44.4 Å². The molecule has 1 heterocycles. The number of anilines is 1. The third kappa shape index (κ3) is 7.94. The molecule has 7 heteroatoms. The molecule has 192 valence electrons. The summed E-state index contributed by atoms with van der Waals surface area (Å²) in [6.45, 7) is 11.5. The average Bonchev–Trinajstić information content (AvgIpc) is 3.15. The minimum atomic E-state index is -0.623. The first-order valence-electron chi connectivity index (χ1n) is 12.7. The lowest BCUT2D eigenvalue weighted by atomic mass is 9.96. The molecular formula is C28H39F2N3OS. The molecule has 35 heavy (non-hydrogen) atoms. The molecule has 0 fully saturated rings. The first-order chi connectivity index (χ1) is 16.7. The number of carbonyl (C=O) groups excluding carboxylic acids is 1. The molecule has 0 aliphatic carbocycles. The number of hydrogen-bond donors (Lipinski definition) is 3. The monoisotopic (exact) mass is 503 g/mol. The summed E-state index contributed by atoms with van der Waals surface area (Å²) in [5.74, 6) is -0.848. The van der Waals surface area contributed by atoms with Crippen molar-refractivity contribution in [3.8, 4) is 0 Å². The predicted molar refractivity (Wildman–Crippen MR) is 143 cm³/mol. The van der Waals surface area contributed by atoms with E-state index in [1.165, 1.54) is 41.4 Å². The summed E-state index contributed by atoms with van der Waals surface area (Å²) in [5.41, 5.74) is 5.96. The first kappa shape index (κ1) is 27.5. The highest BCUT2D eigenvalue weighted by molar-refractivity contribution is 7.81. The molecular weight excluding hydrogens is 464 g/mol. The normalized spacial score (nSPS) is 14.8. The minimum absolute atomic E-state index is 0.194. The lowest BCUT2D eigenvalue weighted by Gasteiger charge is -2.26. The van der Waals surface area contributed by atoms with Gasteiger partial charge in [0.2, 0.25) is 5.91 Å². The van der Waals surface area contributed by atoms with Crippen LogP contribution in [0.5, 0.6) is 0 Å². The molecule has 0 spiro atoms. The van der Waals surface area contributed by atoms with Crippen LogP contribution in [0.15, 0.2) is 30.3 Å². The van der Waals surface area contributed by atoms with Crippen molar-refractivity contribution in [3.63, 3.8) is 0 Å². The summed E-state index contributed by atoms with van der Waals surface area (Å²) in [6.07, 6.45) is 3.54. The van der Waals surface area contributed by atoms with Gasteiger partial charge in [-0.2, -0.15) is 12.6 Å². The average molecular weight is 504 g/mol. The van der Waals surface area contributed by atoms with E-state index in [0.29, 0.717) is 31.0 Å². The van der Waals surface area contributed by atoms with E-state index < -0.39 is 11.6 Å². The number of nitrogens with zero attached hydrogens (tertiary/aromatic N) is 1. The second kappa shape index (κ2) is 12.7. The van der Waals surface area contributed by atoms with Crippen molar-refractivity contribution in [3.05, 3.63) is 64.2 Å². The largest absolute Gasteiger partial charge is 0.371 e. The fourth-order valence-electron chi connectivity index (χ4n) is 5.04. The van der Waals surface area contributed by atoms with Gasteiger partial charge in [-0.15, -0.1) is 0 Å². The summed E-state index contributed by atoms with van der Waals surface area (Å²) in [4.78, 5) is 14.3. The Bertz CT molecular complexity index is 994. The highest BCUT2D eigenvalue weighted by Crippen LogP contribution is 2.34. The Kier molecular flexibility index (Phi) is 9.99. The quantitative estimate of drug-likeness (QED) is 0.354. The van der Waals surface area contributed by atoms with Gasteiger partial charge in [0.15, 0.2) is 0 Å². The Morgan fingerprint density at radius 1 is 1.09 bits per heavy atom. The van der Waals surface area contributed by atoms with Crippen LogP contribution in [0.1, 0.15) is 56.4 Å². The van der Waals surface area contributed by atoms with Crippen molar-refractivity contribution in [1.82, 2.24) is 10.6 Å². The summed E-state index contributed by atoms with van der Waals surface area (Å²) in [6, 6.07) is 7.80. The van der Waals surface area contributed by atoms with Gasteiger partial charge in [0.1, 0.15) is 11.6 Å². The van der Waals surface area contributed by atoms with Gasteiger partial charge in [-0.25, -0.2) is 8.78 Å². The van der Waals surface area contributed by atoms with Gasteiger partial charge in [0.05, 0.1) is 0 Å². The van der Waals surface area contributed by atoms with Gasteiger partial charge in [0, 0.05) is 56.1 Å². The molecule has 0 aromatic heterocycles. The van der Waals surface area contributed by atoms with Crippen molar-refractivity contribution in [1.29, 1.82) is 0 Å². The van der Waals surface area contributed by atoms with Crippen molar-refractivity contribution in [2.75, 3.05) is 24.5 Å². The third-order valence-corrected chi connectivity index (χ3v) is 6.87. The van der Waals surface area contributed by atoms with Gasteiger partial charge in [-0.05, 0) is 66.0 Å². The van der Waals surface area contributed by atoms with Gasteiger partial charge in [0.25, 0.3) is 0 Å². The predicted octanol–water partition coefficient (Wildman–Crippen LogP) is 5.07. The number of hydrogen-bond acceptors (Lipinski definition) is 4. The zero-order valence-electron chi connectivity index (χ0n) is 21.3. The smallest absolute Gasteiger partial charge is 0.217 e. The number of nitrogens with one attached hydrogen (secondary N) is 2. The van der Waals surface area contributed by atoms with E-state index >= 15 is 0 Å². The summed E-state index contributed by atoms with van der Waals surface area (Å²) in [5, 5.41) is 6.21. The number of thiol groups is 1. The van der Waals surface area contributed by atoms with Crippen LogP contribution in [0.25, 0.3) is 0 Å².